The van der Waals surface area contributed by atoms with Gasteiger partial charge in [-0.3, -0.25) is 9.59 Å². The van der Waals surface area contributed by atoms with Gasteiger partial charge in [0, 0.05) is 25.9 Å². The zero-order chi connectivity index (χ0) is 13.3. The summed E-state index contributed by atoms with van der Waals surface area (Å²) in [5, 5.41) is 13.5. The molecular formula is C11H15N3O4. The molecular weight excluding hydrogens is 238 g/mol. The second kappa shape index (κ2) is 4.75. The summed E-state index contributed by atoms with van der Waals surface area (Å²) < 4.78 is 0. The first-order chi connectivity index (χ1) is 8.49. The molecule has 0 atom stereocenters. The lowest BCUT2D eigenvalue weighted by molar-refractivity contribution is -0.141. The molecule has 1 aliphatic heterocycles. The highest BCUT2D eigenvalue weighted by atomic mass is 16.4. The fourth-order valence-electron chi connectivity index (χ4n) is 1.78. The van der Waals surface area contributed by atoms with E-state index in [2.05, 4.69) is 5.10 Å². The largest absolute Gasteiger partial charge is 0.477 e. The van der Waals surface area contributed by atoms with Gasteiger partial charge in [0.25, 0.3) is 0 Å². The van der Waals surface area contributed by atoms with E-state index in [4.69, 9.17) is 5.11 Å². The van der Waals surface area contributed by atoms with Crippen molar-refractivity contribution in [3.8, 4) is 0 Å². The number of hydrogen-bond acceptors (Lipinski definition) is 4. The number of carboxylic acid groups (broad SMARTS) is 1. The van der Waals surface area contributed by atoms with Gasteiger partial charge >= 0.3 is 5.97 Å². The Kier molecular flexibility index (Phi) is 3.31. The zero-order valence-corrected chi connectivity index (χ0v) is 10.1. The molecule has 7 heteroatoms. The van der Waals surface area contributed by atoms with E-state index in [9.17, 15) is 14.4 Å². The molecule has 7 nitrogen and oxygen atoms in total. The van der Waals surface area contributed by atoms with Crippen molar-refractivity contribution in [1.29, 1.82) is 0 Å². The van der Waals surface area contributed by atoms with Gasteiger partial charge in [-0.25, -0.2) is 9.80 Å². The first-order valence-electron chi connectivity index (χ1n) is 5.86. The van der Waals surface area contributed by atoms with Crippen LogP contribution in [0.2, 0.25) is 0 Å². The molecule has 0 bridgehead atoms. The molecule has 2 rings (SSSR count). The minimum absolute atomic E-state index is 0.0727. The summed E-state index contributed by atoms with van der Waals surface area (Å²) in [4.78, 5) is 35.8. The first-order valence-corrected chi connectivity index (χ1v) is 5.86. The SMILES string of the molecule is CN(C(=O)CN1N=C(C(=O)O)CCC1=O)C1CC1. The Morgan fingerprint density at radius 3 is 2.67 bits per heavy atom. The van der Waals surface area contributed by atoms with Gasteiger partial charge in [0.2, 0.25) is 11.8 Å². The van der Waals surface area contributed by atoms with E-state index in [1.807, 2.05) is 0 Å². The van der Waals surface area contributed by atoms with Gasteiger partial charge in [0.05, 0.1) is 0 Å². The topological polar surface area (TPSA) is 90.3 Å². The molecule has 18 heavy (non-hydrogen) atoms. The molecule has 0 radical (unpaired) electrons. The second-order valence-corrected chi connectivity index (χ2v) is 4.54. The van der Waals surface area contributed by atoms with Crippen molar-refractivity contribution < 1.29 is 19.5 Å². The number of nitrogens with zero attached hydrogens (tertiary/aromatic N) is 3. The maximum atomic E-state index is 11.8. The summed E-state index contributed by atoms with van der Waals surface area (Å²) in [6, 6.07) is 0.264. The lowest BCUT2D eigenvalue weighted by Crippen LogP contribution is -2.42. The van der Waals surface area contributed by atoms with E-state index in [-0.39, 0.29) is 43.0 Å². The van der Waals surface area contributed by atoms with E-state index in [0.717, 1.165) is 17.9 Å². The first kappa shape index (κ1) is 12.5. The molecule has 0 aromatic carbocycles. The fourth-order valence-corrected chi connectivity index (χ4v) is 1.78. The Labute approximate surface area is 104 Å². The summed E-state index contributed by atoms with van der Waals surface area (Å²) >= 11 is 0. The van der Waals surface area contributed by atoms with Crippen molar-refractivity contribution in [2.45, 2.75) is 31.7 Å². The van der Waals surface area contributed by atoms with E-state index in [1.165, 1.54) is 0 Å². The zero-order valence-electron chi connectivity index (χ0n) is 10.1. The van der Waals surface area contributed by atoms with Crippen LogP contribution in [-0.2, 0) is 14.4 Å². The second-order valence-electron chi connectivity index (χ2n) is 4.54. The maximum absolute atomic E-state index is 11.8. The van der Waals surface area contributed by atoms with Crippen LogP contribution in [0.25, 0.3) is 0 Å². The number of likely N-dealkylation sites (N-methyl/N-ethyl adjacent to an activating group) is 1. The number of amides is 2. The van der Waals surface area contributed by atoms with Crippen LogP contribution in [0.15, 0.2) is 5.10 Å². The molecule has 0 spiro atoms. The summed E-state index contributed by atoms with van der Waals surface area (Å²) in [6.07, 6.45) is 2.18. The number of aliphatic carboxylic acids is 1. The predicted molar refractivity (Wildman–Crippen MR) is 61.8 cm³/mol. The van der Waals surface area contributed by atoms with Gasteiger partial charge in [-0.05, 0) is 12.8 Å². The third-order valence-electron chi connectivity index (χ3n) is 3.12. The van der Waals surface area contributed by atoms with Crippen molar-refractivity contribution in [2.75, 3.05) is 13.6 Å². The van der Waals surface area contributed by atoms with E-state index in [1.54, 1.807) is 11.9 Å². The van der Waals surface area contributed by atoms with Crippen molar-refractivity contribution >= 4 is 23.5 Å². The van der Waals surface area contributed by atoms with Crippen LogP contribution in [0.3, 0.4) is 0 Å². The molecule has 1 saturated carbocycles. The Morgan fingerprint density at radius 2 is 2.11 bits per heavy atom. The number of carbonyl (C=O) groups excluding carboxylic acids is 2. The highest BCUT2D eigenvalue weighted by molar-refractivity contribution is 6.36. The molecule has 0 unspecified atom stereocenters. The molecule has 0 saturated heterocycles. The van der Waals surface area contributed by atoms with Gasteiger partial charge in [-0.1, -0.05) is 0 Å². The normalized spacial score (nSPS) is 19.5. The number of carboxylic acids is 1. The third-order valence-corrected chi connectivity index (χ3v) is 3.12. The highest BCUT2D eigenvalue weighted by Crippen LogP contribution is 2.25. The molecule has 1 heterocycles. The smallest absolute Gasteiger partial charge is 0.352 e. The monoisotopic (exact) mass is 253 g/mol. The van der Waals surface area contributed by atoms with E-state index >= 15 is 0 Å². The Hall–Kier alpha value is -1.92. The quantitative estimate of drug-likeness (QED) is 0.742. The van der Waals surface area contributed by atoms with Crippen molar-refractivity contribution in [2.24, 2.45) is 5.10 Å². The predicted octanol–water partition coefficient (Wildman–Crippen LogP) is -0.330. The highest BCUT2D eigenvalue weighted by Gasteiger charge is 2.32. The van der Waals surface area contributed by atoms with Crippen molar-refractivity contribution in [3.63, 3.8) is 0 Å². The molecule has 98 valence electrons. The summed E-state index contributed by atoms with van der Waals surface area (Å²) in [6.45, 7) is -0.178. The van der Waals surface area contributed by atoms with E-state index < -0.39 is 5.97 Å². The molecule has 2 amide bonds. The van der Waals surface area contributed by atoms with Crippen LogP contribution in [0.1, 0.15) is 25.7 Å². The standard InChI is InChI=1S/C11H15N3O4/c1-13(7-2-3-7)10(16)6-14-9(15)5-4-8(12-14)11(17)18/h7H,2-6H2,1H3,(H,17,18). The van der Waals surface area contributed by atoms with Crippen LogP contribution in [0.4, 0.5) is 0 Å². The van der Waals surface area contributed by atoms with E-state index in [0.29, 0.717) is 0 Å². The van der Waals surface area contributed by atoms with Crippen LogP contribution in [0, 0.1) is 0 Å². The summed E-state index contributed by atoms with van der Waals surface area (Å²) in [7, 11) is 1.69. The van der Waals surface area contributed by atoms with Gasteiger partial charge < -0.3 is 10.0 Å². The van der Waals surface area contributed by atoms with Crippen LogP contribution < -0.4 is 0 Å². The Morgan fingerprint density at radius 1 is 1.44 bits per heavy atom. The average molecular weight is 253 g/mol. The van der Waals surface area contributed by atoms with Crippen molar-refractivity contribution in [3.05, 3.63) is 0 Å². The average Bonchev–Trinajstić information content (AvgIpc) is 3.14. The minimum Gasteiger partial charge on any atom is -0.477 e. The lowest BCUT2D eigenvalue weighted by atomic mass is 10.2. The van der Waals surface area contributed by atoms with Crippen molar-refractivity contribution in [1.82, 2.24) is 9.91 Å². The van der Waals surface area contributed by atoms with Gasteiger partial charge in [-0.2, -0.15) is 5.10 Å². The van der Waals surface area contributed by atoms with Crippen LogP contribution in [-0.4, -0.2) is 58.1 Å². The maximum Gasteiger partial charge on any atom is 0.352 e. The Balaban J connectivity index is 2.01. The molecule has 1 aliphatic carbocycles. The lowest BCUT2D eigenvalue weighted by Gasteiger charge is -2.24. The number of carbonyl (C=O) groups is 3. The third kappa shape index (κ3) is 2.66. The molecule has 0 aromatic heterocycles. The molecule has 2 aliphatic rings. The Bertz CT molecular complexity index is 428. The number of hydrazone groups is 1. The fraction of sp³-hybridized carbons (Fsp3) is 0.636. The molecule has 1 fully saturated rings. The minimum atomic E-state index is -1.14. The number of rotatable bonds is 4. The number of hydrogen-bond donors (Lipinski definition) is 1. The van der Waals surface area contributed by atoms with Crippen LogP contribution in [0.5, 0.6) is 0 Å². The van der Waals surface area contributed by atoms with Gasteiger partial charge in [-0.15, -0.1) is 0 Å². The summed E-state index contributed by atoms with van der Waals surface area (Å²) in [5.41, 5.74) is -0.0727. The summed E-state index contributed by atoms with van der Waals surface area (Å²) in [5.74, 6) is -1.66. The van der Waals surface area contributed by atoms with Gasteiger partial charge in [0.15, 0.2) is 0 Å². The van der Waals surface area contributed by atoms with Crippen LogP contribution >= 0.6 is 0 Å². The molecule has 1 N–H and O–H groups in total. The van der Waals surface area contributed by atoms with Gasteiger partial charge in [0.1, 0.15) is 12.3 Å². The molecule has 0 aromatic rings.